The van der Waals surface area contributed by atoms with Gasteiger partial charge in [-0.15, -0.1) is 0 Å². The summed E-state index contributed by atoms with van der Waals surface area (Å²) in [5.74, 6) is -0.499. The molecule has 1 aromatic carbocycles. The summed E-state index contributed by atoms with van der Waals surface area (Å²) >= 11 is 0. The van der Waals surface area contributed by atoms with Gasteiger partial charge in [0.05, 0.1) is 6.61 Å². The highest BCUT2D eigenvalue weighted by molar-refractivity contribution is 6.13. The van der Waals surface area contributed by atoms with Gasteiger partial charge in [0.2, 0.25) is 0 Å². The summed E-state index contributed by atoms with van der Waals surface area (Å²) in [6.07, 6.45) is 2.23. The third-order valence-electron chi connectivity index (χ3n) is 3.61. The Bertz CT molecular complexity index is 478. The molecule has 0 radical (unpaired) electrons. The lowest BCUT2D eigenvalue weighted by atomic mass is 9.80. The predicted molar refractivity (Wildman–Crippen MR) is 68.5 cm³/mol. The highest BCUT2D eigenvalue weighted by atomic mass is 16.5. The monoisotopic (exact) mass is 246 g/mol. The van der Waals surface area contributed by atoms with Gasteiger partial charge in [-0.2, -0.15) is 0 Å². The number of benzene rings is 1. The van der Waals surface area contributed by atoms with E-state index in [0.29, 0.717) is 18.6 Å². The largest absolute Gasteiger partial charge is 0.465 e. The number of esters is 1. The number of rotatable bonds is 2. The SMILES string of the molecule is CCOC(=O)C1(C)CCCc2ccccc2C1=O. The molecule has 0 saturated heterocycles. The van der Waals surface area contributed by atoms with Gasteiger partial charge in [-0.05, 0) is 38.7 Å². The average molecular weight is 246 g/mol. The van der Waals surface area contributed by atoms with E-state index in [9.17, 15) is 9.59 Å². The van der Waals surface area contributed by atoms with Crippen LogP contribution < -0.4 is 0 Å². The molecular weight excluding hydrogens is 228 g/mol. The molecule has 96 valence electrons. The molecule has 1 unspecified atom stereocenters. The van der Waals surface area contributed by atoms with E-state index in [1.165, 1.54) is 0 Å². The van der Waals surface area contributed by atoms with Crippen LogP contribution in [-0.2, 0) is 16.0 Å². The standard InChI is InChI=1S/C15H18O3/c1-3-18-14(17)15(2)10-6-8-11-7-4-5-9-12(11)13(15)16/h4-5,7,9H,3,6,8,10H2,1-2H3. The molecule has 1 atom stereocenters. The first-order chi connectivity index (χ1) is 8.59. The van der Waals surface area contributed by atoms with Gasteiger partial charge in [0.25, 0.3) is 0 Å². The van der Waals surface area contributed by atoms with E-state index >= 15 is 0 Å². The molecular formula is C15H18O3. The Morgan fingerprint density at radius 2 is 2.11 bits per heavy atom. The Morgan fingerprint density at radius 3 is 2.83 bits per heavy atom. The fraction of sp³-hybridized carbons (Fsp3) is 0.467. The van der Waals surface area contributed by atoms with Gasteiger partial charge < -0.3 is 4.74 Å². The van der Waals surface area contributed by atoms with Crippen LogP contribution in [0.4, 0.5) is 0 Å². The summed E-state index contributed by atoms with van der Waals surface area (Å²) < 4.78 is 5.07. The quantitative estimate of drug-likeness (QED) is 0.458. The number of aryl methyl sites for hydroxylation is 1. The molecule has 0 amide bonds. The van der Waals surface area contributed by atoms with Gasteiger partial charge in [0, 0.05) is 5.56 Å². The van der Waals surface area contributed by atoms with Crippen LogP contribution in [0, 0.1) is 5.41 Å². The molecule has 0 heterocycles. The zero-order valence-corrected chi connectivity index (χ0v) is 10.9. The Labute approximate surface area is 107 Å². The van der Waals surface area contributed by atoms with Crippen LogP contribution in [0.1, 0.15) is 42.6 Å². The first-order valence-electron chi connectivity index (χ1n) is 6.39. The summed E-state index contributed by atoms with van der Waals surface area (Å²) in [6.45, 7) is 3.77. The normalized spacial score (nSPS) is 23.1. The Kier molecular flexibility index (Phi) is 3.50. The third kappa shape index (κ3) is 2.05. The first-order valence-corrected chi connectivity index (χ1v) is 6.39. The Morgan fingerprint density at radius 1 is 1.39 bits per heavy atom. The van der Waals surface area contributed by atoms with Gasteiger partial charge >= 0.3 is 5.97 Å². The lowest BCUT2D eigenvalue weighted by molar-refractivity contribution is -0.151. The van der Waals surface area contributed by atoms with Gasteiger partial charge in [0.15, 0.2) is 5.78 Å². The van der Waals surface area contributed by atoms with Gasteiger partial charge in [-0.1, -0.05) is 24.3 Å². The van der Waals surface area contributed by atoms with Crippen LogP contribution >= 0.6 is 0 Å². The van der Waals surface area contributed by atoms with Crippen molar-refractivity contribution >= 4 is 11.8 Å². The van der Waals surface area contributed by atoms with E-state index in [-0.39, 0.29) is 5.78 Å². The van der Waals surface area contributed by atoms with Crippen LogP contribution in [0.5, 0.6) is 0 Å². The van der Waals surface area contributed by atoms with Crippen molar-refractivity contribution in [1.82, 2.24) is 0 Å². The molecule has 0 spiro atoms. The van der Waals surface area contributed by atoms with E-state index in [1.807, 2.05) is 18.2 Å². The van der Waals surface area contributed by atoms with Crippen molar-refractivity contribution in [2.24, 2.45) is 5.41 Å². The van der Waals surface area contributed by atoms with Crippen molar-refractivity contribution in [3.63, 3.8) is 0 Å². The second-order valence-electron chi connectivity index (χ2n) is 4.89. The van der Waals surface area contributed by atoms with E-state index < -0.39 is 11.4 Å². The van der Waals surface area contributed by atoms with E-state index in [4.69, 9.17) is 4.74 Å². The highest BCUT2D eigenvalue weighted by Crippen LogP contribution is 2.35. The van der Waals surface area contributed by atoms with Gasteiger partial charge in [0.1, 0.15) is 5.41 Å². The van der Waals surface area contributed by atoms with Gasteiger partial charge in [-0.25, -0.2) is 0 Å². The molecule has 0 N–H and O–H groups in total. The van der Waals surface area contributed by atoms with Crippen molar-refractivity contribution in [3.05, 3.63) is 35.4 Å². The number of fused-ring (bicyclic) bond motifs is 1. The molecule has 3 nitrogen and oxygen atoms in total. The molecule has 1 aliphatic carbocycles. The van der Waals surface area contributed by atoms with Crippen molar-refractivity contribution < 1.29 is 14.3 Å². The average Bonchev–Trinajstić information content (AvgIpc) is 2.50. The van der Waals surface area contributed by atoms with E-state index in [2.05, 4.69) is 0 Å². The van der Waals surface area contributed by atoms with Crippen LogP contribution in [0.3, 0.4) is 0 Å². The number of carbonyl (C=O) groups excluding carboxylic acids is 2. The maximum atomic E-state index is 12.6. The fourth-order valence-corrected chi connectivity index (χ4v) is 2.49. The Hall–Kier alpha value is -1.64. The number of Topliss-reactive ketones (excluding diaryl/α,β-unsaturated/α-hetero) is 1. The lowest BCUT2D eigenvalue weighted by Crippen LogP contribution is -2.37. The summed E-state index contributed by atoms with van der Waals surface area (Å²) in [5.41, 5.74) is 0.684. The maximum absolute atomic E-state index is 12.6. The second-order valence-corrected chi connectivity index (χ2v) is 4.89. The van der Waals surface area contributed by atoms with Crippen molar-refractivity contribution in [2.75, 3.05) is 6.61 Å². The fourth-order valence-electron chi connectivity index (χ4n) is 2.49. The lowest BCUT2D eigenvalue weighted by Gasteiger charge is -2.24. The van der Waals surface area contributed by atoms with Crippen LogP contribution in [0.15, 0.2) is 24.3 Å². The molecule has 3 heteroatoms. The number of carbonyl (C=O) groups is 2. The maximum Gasteiger partial charge on any atom is 0.319 e. The minimum absolute atomic E-state index is 0.103. The minimum atomic E-state index is -1.03. The van der Waals surface area contributed by atoms with E-state index in [0.717, 1.165) is 18.4 Å². The second kappa shape index (κ2) is 4.92. The number of hydrogen-bond acceptors (Lipinski definition) is 3. The van der Waals surface area contributed by atoms with Crippen LogP contribution in [-0.4, -0.2) is 18.4 Å². The predicted octanol–water partition coefficient (Wildman–Crippen LogP) is 2.78. The topological polar surface area (TPSA) is 43.4 Å². The highest BCUT2D eigenvalue weighted by Gasteiger charge is 2.44. The molecule has 0 saturated carbocycles. The van der Waals surface area contributed by atoms with Crippen LogP contribution in [0.25, 0.3) is 0 Å². The minimum Gasteiger partial charge on any atom is -0.465 e. The third-order valence-corrected chi connectivity index (χ3v) is 3.61. The van der Waals surface area contributed by atoms with Crippen molar-refractivity contribution in [2.45, 2.75) is 33.1 Å². The number of ether oxygens (including phenoxy) is 1. The summed E-state index contributed by atoms with van der Waals surface area (Å²) in [5, 5.41) is 0. The number of ketones is 1. The number of hydrogen-bond donors (Lipinski definition) is 0. The molecule has 0 aliphatic heterocycles. The summed E-state index contributed by atoms with van der Waals surface area (Å²) in [4.78, 5) is 24.6. The Balaban J connectivity index is 2.41. The van der Waals surface area contributed by atoms with Crippen molar-refractivity contribution in [3.8, 4) is 0 Å². The zero-order valence-electron chi connectivity index (χ0n) is 10.9. The van der Waals surface area contributed by atoms with Crippen molar-refractivity contribution in [1.29, 1.82) is 0 Å². The molecule has 1 aliphatic rings. The zero-order chi connectivity index (χ0) is 13.2. The molecule has 2 rings (SSSR count). The molecule has 18 heavy (non-hydrogen) atoms. The molecule has 0 fully saturated rings. The summed E-state index contributed by atoms with van der Waals surface area (Å²) in [7, 11) is 0. The van der Waals surface area contributed by atoms with Crippen LogP contribution in [0.2, 0.25) is 0 Å². The summed E-state index contributed by atoms with van der Waals surface area (Å²) in [6, 6.07) is 7.54. The van der Waals surface area contributed by atoms with Gasteiger partial charge in [-0.3, -0.25) is 9.59 Å². The molecule has 0 bridgehead atoms. The molecule has 0 aromatic heterocycles. The first kappa shape index (κ1) is 12.8. The smallest absolute Gasteiger partial charge is 0.319 e. The molecule has 1 aromatic rings. The van der Waals surface area contributed by atoms with E-state index in [1.54, 1.807) is 19.9 Å².